The maximum absolute atomic E-state index is 5.99. The van der Waals surface area contributed by atoms with Crippen molar-refractivity contribution < 1.29 is 9.47 Å². The second-order valence-corrected chi connectivity index (χ2v) is 8.26. The van der Waals surface area contributed by atoms with Gasteiger partial charge in [0, 0.05) is 30.8 Å². The van der Waals surface area contributed by atoms with E-state index in [1.165, 1.54) is 16.0 Å². The number of rotatable bonds is 9. The zero-order valence-corrected chi connectivity index (χ0v) is 18.3. The summed E-state index contributed by atoms with van der Waals surface area (Å²) >= 11 is 1.75. The summed E-state index contributed by atoms with van der Waals surface area (Å²) in [7, 11) is 0. The zero-order chi connectivity index (χ0) is 20.3. The fourth-order valence-electron chi connectivity index (χ4n) is 3.06. The van der Waals surface area contributed by atoms with E-state index in [4.69, 9.17) is 14.5 Å². The first-order valence-corrected chi connectivity index (χ1v) is 11.3. The van der Waals surface area contributed by atoms with Gasteiger partial charge < -0.3 is 20.1 Å². The molecular weight excluding hydrogens is 384 g/mol. The van der Waals surface area contributed by atoms with Crippen LogP contribution in [0.3, 0.4) is 0 Å². The molecule has 1 fully saturated rings. The van der Waals surface area contributed by atoms with E-state index in [2.05, 4.69) is 53.7 Å². The van der Waals surface area contributed by atoms with E-state index in [-0.39, 0.29) is 0 Å². The summed E-state index contributed by atoms with van der Waals surface area (Å²) in [5.74, 6) is 0.813. The van der Waals surface area contributed by atoms with Gasteiger partial charge in [-0.2, -0.15) is 0 Å². The van der Waals surface area contributed by atoms with Crippen LogP contribution in [0, 0.1) is 0 Å². The SMILES string of the molecule is CCNC(=NCc1ccc(COC2CCOCC2)cc1)NCc1ncc(CC)s1. The molecule has 2 heterocycles. The minimum atomic E-state index is 0.327. The second-order valence-electron chi connectivity index (χ2n) is 7.06. The maximum Gasteiger partial charge on any atom is 0.191 e. The van der Waals surface area contributed by atoms with Crippen LogP contribution in [0.2, 0.25) is 0 Å². The van der Waals surface area contributed by atoms with Gasteiger partial charge in [0.2, 0.25) is 0 Å². The highest BCUT2D eigenvalue weighted by Gasteiger charge is 2.13. The minimum absolute atomic E-state index is 0.327. The van der Waals surface area contributed by atoms with Crippen molar-refractivity contribution in [3.8, 4) is 0 Å². The van der Waals surface area contributed by atoms with E-state index in [9.17, 15) is 0 Å². The first kappa shape index (κ1) is 21.7. The van der Waals surface area contributed by atoms with Crippen LogP contribution in [0.15, 0.2) is 35.5 Å². The number of ether oxygens (including phenoxy) is 2. The summed E-state index contributed by atoms with van der Waals surface area (Å²) in [4.78, 5) is 10.5. The van der Waals surface area contributed by atoms with Gasteiger partial charge in [-0.05, 0) is 37.3 Å². The number of nitrogens with one attached hydrogen (secondary N) is 2. The highest BCUT2D eigenvalue weighted by atomic mass is 32.1. The van der Waals surface area contributed by atoms with Crippen LogP contribution in [0.5, 0.6) is 0 Å². The highest BCUT2D eigenvalue weighted by molar-refractivity contribution is 7.11. The van der Waals surface area contributed by atoms with Crippen molar-refractivity contribution in [2.24, 2.45) is 4.99 Å². The average molecular weight is 417 g/mol. The maximum atomic E-state index is 5.99. The number of aryl methyl sites for hydroxylation is 1. The molecule has 2 N–H and O–H groups in total. The molecule has 1 aliphatic rings. The number of guanidine groups is 1. The predicted molar refractivity (Wildman–Crippen MR) is 118 cm³/mol. The third-order valence-electron chi connectivity index (χ3n) is 4.80. The van der Waals surface area contributed by atoms with Crippen molar-refractivity contribution in [2.75, 3.05) is 19.8 Å². The molecule has 0 aliphatic carbocycles. The Morgan fingerprint density at radius 3 is 2.62 bits per heavy atom. The molecule has 29 heavy (non-hydrogen) atoms. The van der Waals surface area contributed by atoms with Crippen molar-refractivity contribution in [3.05, 3.63) is 51.5 Å². The van der Waals surface area contributed by atoms with Crippen LogP contribution in [-0.2, 0) is 35.6 Å². The smallest absolute Gasteiger partial charge is 0.191 e. The lowest BCUT2D eigenvalue weighted by atomic mass is 10.1. The van der Waals surface area contributed by atoms with Crippen molar-refractivity contribution in [1.29, 1.82) is 0 Å². The van der Waals surface area contributed by atoms with Crippen LogP contribution in [-0.4, -0.2) is 36.8 Å². The lowest BCUT2D eigenvalue weighted by Gasteiger charge is -2.22. The lowest BCUT2D eigenvalue weighted by Crippen LogP contribution is -2.36. The molecule has 0 unspecified atom stereocenters. The van der Waals surface area contributed by atoms with Gasteiger partial charge >= 0.3 is 0 Å². The van der Waals surface area contributed by atoms with Gasteiger partial charge in [-0.25, -0.2) is 9.98 Å². The van der Waals surface area contributed by atoms with Crippen molar-refractivity contribution in [3.63, 3.8) is 0 Å². The van der Waals surface area contributed by atoms with E-state index in [0.717, 1.165) is 50.0 Å². The van der Waals surface area contributed by atoms with Gasteiger partial charge in [0.25, 0.3) is 0 Å². The molecule has 158 valence electrons. The van der Waals surface area contributed by atoms with Gasteiger partial charge in [0.05, 0.1) is 25.8 Å². The standard InChI is InChI=1S/C22H32N4O2S/c1-3-20-14-24-21(29-20)15-26-22(23-4-2)25-13-17-5-7-18(8-6-17)16-28-19-9-11-27-12-10-19/h5-8,14,19H,3-4,9-13,15-16H2,1-2H3,(H2,23,25,26). The Morgan fingerprint density at radius 1 is 1.17 bits per heavy atom. The number of nitrogens with zero attached hydrogens (tertiary/aromatic N) is 2. The molecule has 7 heteroatoms. The summed E-state index contributed by atoms with van der Waals surface area (Å²) in [6.45, 7) is 8.66. The molecule has 0 atom stereocenters. The lowest BCUT2D eigenvalue weighted by molar-refractivity contribution is -0.0390. The normalized spacial score (nSPS) is 15.4. The van der Waals surface area contributed by atoms with Gasteiger partial charge in [0.1, 0.15) is 5.01 Å². The molecule has 0 saturated carbocycles. The van der Waals surface area contributed by atoms with Crippen LogP contribution in [0.25, 0.3) is 0 Å². The molecule has 1 aromatic heterocycles. The summed E-state index contributed by atoms with van der Waals surface area (Å²) in [5, 5.41) is 7.75. The molecule has 3 rings (SSSR count). The molecule has 0 spiro atoms. The summed E-state index contributed by atoms with van der Waals surface area (Å²) in [6.07, 6.45) is 5.30. The topological polar surface area (TPSA) is 67.8 Å². The van der Waals surface area contributed by atoms with Crippen LogP contribution in [0.4, 0.5) is 0 Å². The van der Waals surface area contributed by atoms with E-state index in [1.807, 2.05) is 6.20 Å². The molecule has 2 aromatic rings. The third-order valence-corrected chi connectivity index (χ3v) is 5.94. The fourth-order valence-corrected chi connectivity index (χ4v) is 3.86. The number of hydrogen-bond acceptors (Lipinski definition) is 5. The van der Waals surface area contributed by atoms with Crippen LogP contribution < -0.4 is 10.6 Å². The molecule has 1 aromatic carbocycles. The van der Waals surface area contributed by atoms with E-state index < -0.39 is 0 Å². The molecule has 6 nitrogen and oxygen atoms in total. The molecule has 0 amide bonds. The van der Waals surface area contributed by atoms with Crippen LogP contribution in [0.1, 0.15) is 47.7 Å². The molecular formula is C22H32N4O2S. The Kier molecular flexibility index (Phi) is 8.92. The van der Waals surface area contributed by atoms with Crippen molar-refractivity contribution in [2.45, 2.75) is 58.9 Å². The van der Waals surface area contributed by atoms with Crippen LogP contribution >= 0.6 is 11.3 Å². The first-order chi connectivity index (χ1) is 14.3. The highest BCUT2D eigenvalue weighted by Crippen LogP contribution is 2.15. The zero-order valence-electron chi connectivity index (χ0n) is 17.4. The Bertz CT molecular complexity index is 754. The van der Waals surface area contributed by atoms with E-state index in [0.29, 0.717) is 25.8 Å². The molecule has 0 bridgehead atoms. The van der Waals surface area contributed by atoms with Crippen molar-refractivity contribution >= 4 is 17.3 Å². The quantitative estimate of drug-likeness (QED) is 0.482. The fraction of sp³-hybridized carbons (Fsp3) is 0.545. The number of aliphatic imine (C=N–C) groups is 1. The minimum Gasteiger partial charge on any atom is -0.381 e. The second kappa shape index (κ2) is 11.9. The Balaban J connectivity index is 1.47. The van der Waals surface area contributed by atoms with Gasteiger partial charge in [-0.3, -0.25) is 0 Å². The van der Waals surface area contributed by atoms with Gasteiger partial charge in [0.15, 0.2) is 5.96 Å². The first-order valence-electron chi connectivity index (χ1n) is 10.5. The Labute approximate surface area is 177 Å². The molecule has 1 aliphatic heterocycles. The number of benzene rings is 1. The van der Waals surface area contributed by atoms with Gasteiger partial charge in [-0.15, -0.1) is 11.3 Å². The van der Waals surface area contributed by atoms with E-state index in [1.54, 1.807) is 11.3 Å². The Hall–Kier alpha value is -1.96. The summed E-state index contributed by atoms with van der Waals surface area (Å²) in [5.41, 5.74) is 2.38. The average Bonchev–Trinajstić information content (AvgIpc) is 3.24. The van der Waals surface area contributed by atoms with E-state index >= 15 is 0 Å². The monoisotopic (exact) mass is 416 g/mol. The third kappa shape index (κ3) is 7.42. The molecule has 1 saturated heterocycles. The molecule has 0 radical (unpaired) electrons. The predicted octanol–water partition coefficient (Wildman–Crippen LogP) is 3.66. The van der Waals surface area contributed by atoms with Gasteiger partial charge in [-0.1, -0.05) is 31.2 Å². The summed E-state index contributed by atoms with van der Waals surface area (Å²) < 4.78 is 11.4. The Morgan fingerprint density at radius 2 is 1.93 bits per heavy atom. The van der Waals surface area contributed by atoms with Crippen molar-refractivity contribution in [1.82, 2.24) is 15.6 Å². The number of thiazole rings is 1. The largest absolute Gasteiger partial charge is 0.381 e. The number of hydrogen-bond donors (Lipinski definition) is 2. The summed E-state index contributed by atoms with van der Waals surface area (Å²) in [6, 6.07) is 8.52. The number of aromatic nitrogens is 1.